The molecule has 0 aliphatic carbocycles. The van der Waals surface area contributed by atoms with Gasteiger partial charge in [0.2, 0.25) is 11.8 Å². The molecule has 0 saturated carbocycles. The highest BCUT2D eigenvalue weighted by Crippen LogP contribution is 2.20. The second kappa shape index (κ2) is 6.89. The van der Waals surface area contributed by atoms with E-state index in [2.05, 4.69) is 5.32 Å². The van der Waals surface area contributed by atoms with E-state index >= 15 is 0 Å². The van der Waals surface area contributed by atoms with Gasteiger partial charge in [0.05, 0.1) is 18.7 Å². The van der Waals surface area contributed by atoms with E-state index in [1.54, 1.807) is 6.26 Å². The summed E-state index contributed by atoms with van der Waals surface area (Å²) in [4.78, 5) is 26.0. The number of carbonyl (C=O) groups excluding carboxylic acids is 2. The predicted molar refractivity (Wildman–Crippen MR) is 79.6 cm³/mol. The molecule has 0 bridgehead atoms. The van der Waals surface area contributed by atoms with Crippen molar-refractivity contribution in [2.75, 3.05) is 0 Å². The van der Waals surface area contributed by atoms with Crippen molar-refractivity contribution in [3.8, 4) is 0 Å². The van der Waals surface area contributed by atoms with E-state index in [1.807, 2.05) is 32.9 Å². The van der Waals surface area contributed by atoms with Crippen LogP contribution in [0.4, 0.5) is 0 Å². The molecule has 116 valence electrons. The van der Waals surface area contributed by atoms with Gasteiger partial charge < -0.3 is 9.73 Å². The van der Waals surface area contributed by atoms with Gasteiger partial charge in [-0.15, -0.1) is 0 Å². The first-order valence-corrected chi connectivity index (χ1v) is 7.71. The largest absolute Gasteiger partial charge is 0.469 e. The molecule has 1 aromatic rings. The molecule has 21 heavy (non-hydrogen) atoms. The minimum atomic E-state index is -0.400. The molecule has 5 heteroatoms. The molecule has 0 spiro atoms. The van der Waals surface area contributed by atoms with Gasteiger partial charge in [0.1, 0.15) is 5.76 Å². The molecule has 1 N–H and O–H groups in total. The van der Waals surface area contributed by atoms with Gasteiger partial charge in [-0.25, -0.2) is 0 Å². The Bertz CT molecular complexity index is 480. The molecule has 5 nitrogen and oxygen atoms in total. The van der Waals surface area contributed by atoms with Crippen LogP contribution in [-0.2, 0) is 16.0 Å². The van der Waals surface area contributed by atoms with Crippen molar-refractivity contribution in [3.05, 3.63) is 24.2 Å². The van der Waals surface area contributed by atoms with Crippen molar-refractivity contribution < 1.29 is 14.0 Å². The maximum Gasteiger partial charge on any atom is 0.247 e. The molecule has 1 fully saturated rings. The number of rotatable bonds is 7. The maximum absolute atomic E-state index is 12.4. The lowest BCUT2D eigenvalue weighted by Gasteiger charge is -2.25. The van der Waals surface area contributed by atoms with E-state index < -0.39 is 6.04 Å². The fraction of sp³-hybridized carbons (Fsp3) is 0.625. The third-order valence-corrected chi connectivity index (χ3v) is 4.06. The highest BCUT2D eigenvalue weighted by Gasteiger charge is 2.41. The summed E-state index contributed by atoms with van der Waals surface area (Å²) >= 11 is 0. The third-order valence-electron chi connectivity index (χ3n) is 4.06. The van der Waals surface area contributed by atoms with Crippen LogP contribution in [0, 0.1) is 0 Å². The Labute approximate surface area is 125 Å². The first kappa shape index (κ1) is 15.8. The Morgan fingerprint density at radius 3 is 2.67 bits per heavy atom. The van der Waals surface area contributed by atoms with Crippen LogP contribution in [0.3, 0.4) is 0 Å². The van der Waals surface area contributed by atoms with Gasteiger partial charge in [-0.05, 0) is 31.9 Å². The minimum absolute atomic E-state index is 0.0252. The molecule has 2 unspecified atom stereocenters. The molecule has 2 amide bonds. The SMILES string of the molecule is CCC(CC)N1C(=O)CC(NC(C)Cc2ccco2)C1=O. The Kier molecular flexibility index (Phi) is 5.17. The van der Waals surface area contributed by atoms with E-state index in [9.17, 15) is 9.59 Å². The molecule has 0 aromatic carbocycles. The molecular formula is C16H24N2O3. The number of carbonyl (C=O) groups is 2. The van der Waals surface area contributed by atoms with Gasteiger partial charge in [0.15, 0.2) is 0 Å². The Morgan fingerprint density at radius 1 is 1.38 bits per heavy atom. The zero-order valence-electron chi connectivity index (χ0n) is 13.0. The van der Waals surface area contributed by atoms with Crippen LogP contribution in [-0.4, -0.2) is 34.8 Å². The lowest BCUT2D eigenvalue weighted by atomic mass is 10.1. The van der Waals surface area contributed by atoms with Crippen LogP contribution in [0.5, 0.6) is 0 Å². The van der Waals surface area contributed by atoms with Crippen LogP contribution in [0.2, 0.25) is 0 Å². The molecule has 1 aliphatic heterocycles. The average Bonchev–Trinajstić information content (AvgIpc) is 3.03. The minimum Gasteiger partial charge on any atom is -0.469 e. The number of furan rings is 1. The number of nitrogens with one attached hydrogen (secondary N) is 1. The summed E-state index contributed by atoms with van der Waals surface area (Å²) in [6, 6.07) is 3.47. The summed E-state index contributed by atoms with van der Waals surface area (Å²) in [5.41, 5.74) is 0. The first-order valence-electron chi connectivity index (χ1n) is 7.71. The Balaban J connectivity index is 1.95. The number of hydrogen-bond acceptors (Lipinski definition) is 4. The van der Waals surface area contributed by atoms with Gasteiger partial charge in [-0.2, -0.15) is 0 Å². The molecule has 0 radical (unpaired) electrons. The zero-order valence-corrected chi connectivity index (χ0v) is 13.0. The van der Waals surface area contributed by atoms with Crippen molar-refractivity contribution in [2.24, 2.45) is 0 Å². The average molecular weight is 292 g/mol. The van der Waals surface area contributed by atoms with E-state index in [-0.39, 0.29) is 30.3 Å². The summed E-state index contributed by atoms with van der Waals surface area (Å²) < 4.78 is 5.31. The number of imide groups is 1. The van der Waals surface area contributed by atoms with Crippen molar-refractivity contribution >= 4 is 11.8 Å². The number of nitrogens with zero attached hydrogens (tertiary/aromatic N) is 1. The van der Waals surface area contributed by atoms with Crippen molar-refractivity contribution in [1.82, 2.24) is 10.2 Å². The van der Waals surface area contributed by atoms with E-state index in [0.29, 0.717) is 6.42 Å². The van der Waals surface area contributed by atoms with Crippen LogP contribution >= 0.6 is 0 Å². The van der Waals surface area contributed by atoms with Gasteiger partial charge in [0, 0.05) is 18.5 Å². The first-order chi connectivity index (χ1) is 10.1. The maximum atomic E-state index is 12.4. The summed E-state index contributed by atoms with van der Waals surface area (Å²) in [5.74, 6) is 0.736. The third kappa shape index (κ3) is 3.53. The predicted octanol–water partition coefficient (Wildman–Crippen LogP) is 2.12. The Morgan fingerprint density at radius 2 is 2.10 bits per heavy atom. The normalized spacial score (nSPS) is 20.6. The van der Waals surface area contributed by atoms with E-state index in [1.165, 1.54) is 4.90 Å². The summed E-state index contributed by atoms with van der Waals surface area (Å²) in [7, 11) is 0. The van der Waals surface area contributed by atoms with Gasteiger partial charge >= 0.3 is 0 Å². The molecule has 2 heterocycles. The molecule has 2 rings (SSSR count). The second-order valence-electron chi connectivity index (χ2n) is 5.68. The highest BCUT2D eigenvalue weighted by atomic mass is 16.3. The van der Waals surface area contributed by atoms with Crippen LogP contribution < -0.4 is 5.32 Å². The van der Waals surface area contributed by atoms with Crippen molar-refractivity contribution in [2.45, 2.75) is 64.6 Å². The summed E-state index contributed by atoms with van der Waals surface area (Å²) in [6.07, 6.45) is 4.22. The molecule has 1 aliphatic rings. The second-order valence-corrected chi connectivity index (χ2v) is 5.68. The monoisotopic (exact) mass is 292 g/mol. The van der Waals surface area contributed by atoms with E-state index in [0.717, 1.165) is 18.6 Å². The van der Waals surface area contributed by atoms with Crippen LogP contribution in [0.25, 0.3) is 0 Å². The van der Waals surface area contributed by atoms with Crippen LogP contribution in [0.1, 0.15) is 45.8 Å². The highest BCUT2D eigenvalue weighted by molar-refractivity contribution is 6.05. The fourth-order valence-corrected chi connectivity index (χ4v) is 2.95. The topological polar surface area (TPSA) is 62.6 Å². The standard InChI is InChI=1S/C16H24N2O3/c1-4-12(5-2)18-15(19)10-14(16(18)20)17-11(3)9-13-7-6-8-21-13/h6-8,11-12,14,17H,4-5,9-10H2,1-3H3. The molecule has 1 aromatic heterocycles. The van der Waals surface area contributed by atoms with Gasteiger partial charge in [0.25, 0.3) is 0 Å². The number of hydrogen-bond donors (Lipinski definition) is 1. The van der Waals surface area contributed by atoms with Crippen LogP contribution in [0.15, 0.2) is 22.8 Å². The lowest BCUT2D eigenvalue weighted by Crippen LogP contribution is -2.46. The van der Waals surface area contributed by atoms with Gasteiger partial charge in [-0.1, -0.05) is 13.8 Å². The molecule has 2 atom stereocenters. The van der Waals surface area contributed by atoms with Crippen molar-refractivity contribution in [3.63, 3.8) is 0 Å². The Hall–Kier alpha value is -1.62. The molecule has 1 saturated heterocycles. The van der Waals surface area contributed by atoms with Gasteiger partial charge in [-0.3, -0.25) is 14.5 Å². The number of amides is 2. The fourth-order valence-electron chi connectivity index (χ4n) is 2.95. The van der Waals surface area contributed by atoms with Crippen molar-refractivity contribution in [1.29, 1.82) is 0 Å². The summed E-state index contributed by atoms with van der Waals surface area (Å²) in [5, 5.41) is 3.26. The lowest BCUT2D eigenvalue weighted by molar-refractivity contribution is -0.141. The quantitative estimate of drug-likeness (QED) is 0.782. The zero-order chi connectivity index (χ0) is 15.4. The van der Waals surface area contributed by atoms with E-state index in [4.69, 9.17) is 4.42 Å². The molecular weight excluding hydrogens is 268 g/mol. The smallest absolute Gasteiger partial charge is 0.247 e. The summed E-state index contributed by atoms with van der Waals surface area (Å²) in [6.45, 7) is 6.02. The number of likely N-dealkylation sites (tertiary alicyclic amines) is 1.